The Balaban J connectivity index is 1.64. The molecule has 0 N–H and O–H groups in total. The van der Waals surface area contributed by atoms with Crippen LogP contribution in [0.25, 0.3) is 10.9 Å². The summed E-state index contributed by atoms with van der Waals surface area (Å²) in [5.74, 6) is 0.926. The zero-order chi connectivity index (χ0) is 21.8. The van der Waals surface area contributed by atoms with Crippen molar-refractivity contribution in [1.29, 1.82) is 0 Å². The van der Waals surface area contributed by atoms with Crippen LogP contribution in [0.5, 0.6) is 0 Å². The quantitative estimate of drug-likeness (QED) is 0.575. The predicted molar refractivity (Wildman–Crippen MR) is 127 cm³/mol. The maximum atomic E-state index is 13.2. The highest BCUT2D eigenvalue weighted by molar-refractivity contribution is 5.99. The van der Waals surface area contributed by atoms with Crippen molar-refractivity contribution in [2.45, 2.75) is 65.5 Å². The summed E-state index contributed by atoms with van der Waals surface area (Å²) in [6, 6.07) is 6.38. The molecule has 2 aliphatic rings. The van der Waals surface area contributed by atoms with E-state index in [1.165, 1.54) is 48.0 Å². The number of fused-ring (bicyclic) bond motifs is 3. The molecule has 4 rings (SSSR count). The number of carbonyl (C=O) groups is 1. The first-order valence-corrected chi connectivity index (χ1v) is 12.3. The zero-order valence-electron chi connectivity index (χ0n) is 19.7. The smallest absolute Gasteiger partial charge is 0.253 e. The third-order valence-electron chi connectivity index (χ3n) is 7.25. The van der Waals surface area contributed by atoms with Crippen LogP contribution in [-0.4, -0.2) is 60.2 Å². The zero-order valence-corrected chi connectivity index (χ0v) is 19.7. The lowest BCUT2D eigenvalue weighted by Gasteiger charge is -2.30. The standard InChI is InChI=1S/C26H39N3O2/c1-4-5-6-12-27-13-11-25-23(19-27)22-18-21(7-8-24(22)29(25)16-17-31-3)26(30)28-14-9-20(2)10-15-28/h7-8,18,20H,4-6,9-17,19H2,1-3H3. The summed E-state index contributed by atoms with van der Waals surface area (Å²) >= 11 is 0. The van der Waals surface area contributed by atoms with Crippen molar-refractivity contribution in [3.05, 3.63) is 35.0 Å². The van der Waals surface area contributed by atoms with Gasteiger partial charge in [-0.2, -0.15) is 0 Å². The number of carbonyl (C=O) groups excluding carboxylic acids is 1. The van der Waals surface area contributed by atoms with Gasteiger partial charge < -0.3 is 14.2 Å². The summed E-state index contributed by atoms with van der Waals surface area (Å²) in [4.78, 5) is 17.9. The fourth-order valence-electron chi connectivity index (χ4n) is 5.25. The Morgan fingerprint density at radius 1 is 1.13 bits per heavy atom. The van der Waals surface area contributed by atoms with E-state index < -0.39 is 0 Å². The summed E-state index contributed by atoms with van der Waals surface area (Å²) in [5.41, 5.74) is 4.96. The molecular weight excluding hydrogens is 386 g/mol. The minimum atomic E-state index is 0.197. The SMILES string of the molecule is CCCCCN1CCc2c(c3cc(C(=O)N4CCC(C)CC4)ccc3n2CCOC)C1. The first-order valence-electron chi connectivity index (χ1n) is 12.3. The number of hydrogen-bond acceptors (Lipinski definition) is 3. The van der Waals surface area contributed by atoms with E-state index in [2.05, 4.69) is 35.4 Å². The van der Waals surface area contributed by atoms with Crippen LogP contribution in [0.2, 0.25) is 0 Å². The van der Waals surface area contributed by atoms with Crippen LogP contribution in [0.3, 0.4) is 0 Å². The van der Waals surface area contributed by atoms with Crippen molar-refractivity contribution >= 4 is 16.8 Å². The summed E-state index contributed by atoms with van der Waals surface area (Å²) in [7, 11) is 1.77. The molecule has 1 amide bonds. The summed E-state index contributed by atoms with van der Waals surface area (Å²) in [5, 5.41) is 1.27. The molecule has 5 heteroatoms. The molecule has 1 aromatic carbocycles. The normalized spacial score (nSPS) is 18.0. The van der Waals surface area contributed by atoms with Gasteiger partial charge in [-0.3, -0.25) is 9.69 Å². The van der Waals surface area contributed by atoms with Gasteiger partial charge in [0.2, 0.25) is 0 Å². The summed E-state index contributed by atoms with van der Waals surface area (Å²) < 4.78 is 7.84. The molecule has 0 saturated carbocycles. The molecule has 2 aromatic rings. The van der Waals surface area contributed by atoms with Crippen molar-refractivity contribution in [2.75, 3.05) is 39.9 Å². The first-order chi connectivity index (χ1) is 15.1. The van der Waals surface area contributed by atoms with Crippen LogP contribution in [0.15, 0.2) is 18.2 Å². The maximum Gasteiger partial charge on any atom is 0.253 e. The van der Waals surface area contributed by atoms with Crippen LogP contribution >= 0.6 is 0 Å². The highest BCUT2D eigenvalue weighted by Crippen LogP contribution is 2.32. The molecule has 3 heterocycles. The molecule has 1 saturated heterocycles. The minimum Gasteiger partial charge on any atom is -0.383 e. The number of benzene rings is 1. The van der Waals surface area contributed by atoms with E-state index in [0.29, 0.717) is 6.61 Å². The summed E-state index contributed by atoms with van der Waals surface area (Å²) in [6.45, 7) is 11.2. The van der Waals surface area contributed by atoms with Gasteiger partial charge in [-0.15, -0.1) is 0 Å². The van der Waals surface area contributed by atoms with E-state index in [-0.39, 0.29) is 5.91 Å². The lowest BCUT2D eigenvalue weighted by atomic mass is 9.98. The number of nitrogens with zero attached hydrogens (tertiary/aromatic N) is 3. The Morgan fingerprint density at radius 2 is 1.94 bits per heavy atom. The Labute approximate surface area is 187 Å². The van der Waals surface area contributed by atoms with Gasteiger partial charge in [0.1, 0.15) is 0 Å². The van der Waals surface area contributed by atoms with Gasteiger partial charge in [0, 0.05) is 68.4 Å². The third kappa shape index (κ3) is 4.83. The number of methoxy groups -OCH3 is 1. The Hall–Kier alpha value is -1.85. The highest BCUT2D eigenvalue weighted by atomic mass is 16.5. The molecule has 170 valence electrons. The predicted octanol–water partition coefficient (Wildman–Crippen LogP) is 4.71. The molecule has 0 spiro atoms. The van der Waals surface area contributed by atoms with Gasteiger partial charge in [-0.25, -0.2) is 0 Å². The highest BCUT2D eigenvalue weighted by Gasteiger charge is 2.26. The van der Waals surface area contributed by atoms with Crippen LogP contribution in [0.4, 0.5) is 0 Å². The second kappa shape index (κ2) is 10.2. The Bertz CT molecular complexity index is 896. The van der Waals surface area contributed by atoms with E-state index in [0.717, 1.165) is 63.5 Å². The second-order valence-corrected chi connectivity index (χ2v) is 9.51. The fourth-order valence-corrected chi connectivity index (χ4v) is 5.25. The Morgan fingerprint density at radius 3 is 2.68 bits per heavy atom. The van der Waals surface area contributed by atoms with Crippen LogP contribution in [0.1, 0.15) is 67.6 Å². The average molecular weight is 426 g/mol. The van der Waals surface area contributed by atoms with Gasteiger partial charge in [0.25, 0.3) is 5.91 Å². The number of piperidine rings is 1. The van der Waals surface area contributed by atoms with Gasteiger partial charge in [0.05, 0.1) is 6.61 Å². The van der Waals surface area contributed by atoms with Crippen LogP contribution in [-0.2, 0) is 24.2 Å². The number of rotatable bonds is 8. The monoisotopic (exact) mass is 425 g/mol. The Kier molecular flexibility index (Phi) is 7.34. The second-order valence-electron chi connectivity index (χ2n) is 9.51. The van der Waals surface area contributed by atoms with Crippen LogP contribution < -0.4 is 0 Å². The number of amides is 1. The van der Waals surface area contributed by atoms with Crippen molar-refractivity contribution in [2.24, 2.45) is 5.92 Å². The van der Waals surface area contributed by atoms with Crippen molar-refractivity contribution < 1.29 is 9.53 Å². The molecule has 0 unspecified atom stereocenters. The van der Waals surface area contributed by atoms with Crippen LogP contribution in [0, 0.1) is 5.92 Å². The lowest BCUT2D eigenvalue weighted by Crippen LogP contribution is -2.37. The fraction of sp³-hybridized carbons (Fsp3) is 0.654. The topological polar surface area (TPSA) is 37.7 Å². The van der Waals surface area contributed by atoms with E-state index >= 15 is 0 Å². The molecule has 2 aliphatic heterocycles. The number of aromatic nitrogens is 1. The number of likely N-dealkylation sites (tertiary alicyclic amines) is 1. The van der Waals surface area contributed by atoms with E-state index in [4.69, 9.17) is 4.74 Å². The largest absolute Gasteiger partial charge is 0.383 e. The molecule has 0 bridgehead atoms. The third-order valence-corrected chi connectivity index (χ3v) is 7.25. The van der Waals surface area contributed by atoms with Crippen molar-refractivity contribution in [1.82, 2.24) is 14.4 Å². The van der Waals surface area contributed by atoms with Gasteiger partial charge in [-0.05, 0) is 55.5 Å². The lowest BCUT2D eigenvalue weighted by molar-refractivity contribution is 0.0697. The minimum absolute atomic E-state index is 0.197. The molecule has 0 atom stereocenters. The molecular formula is C26H39N3O2. The molecule has 5 nitrogen and oxygen atoms in total. The van der Waals surface area contributed by atoms with Crippen molar-refractivity contribution in [3.8, 4) is 0 Å². The average Bonchev–Trinajstić information content (AvgIpc) is 3.10. The molecule has 0 radical (unpaired) electrons. The molecule has 31 heavy (non-hydrogen) atoms. The number of hydrogen-bond donors (Lipinski definition) is 0. The number of unbranched alkanes of at least 4 members (excludes halogenated alkanes) is 2. The van der Waals surface area contributed by atoms with E-state index in [1.54, 1.807) is 7.11 Å². The maximum absolute atomic E-state index is 13.2. The van der Waals surface area contributed by atoms with Gasteiger partial charge >= 0.3 is 0 Å². The molecule has 0 aliphatic carbocycles. The summed E-state index contributed by atoms with van der Waals surface area (Å²) in [6.07, 6.45) is 7.13. The van der Waals surface area contributed by atoms with E-state index in [1.807, 2.05) is 11.0 Å². The van der Waals surface area contributed by atoms with Gasteiger partial charge in [-0.1, -0.05) is 26.7 Å². The molecule has 1 aromatic heterocycles. The van der Waals surface area contributed by atoms with Crippen molar-refractivity contribution in [3.63, 3.8) is 0 Å². The first kappa shape index (κ1) is 22.3. The number of ether oxygens (including phenoxy) is 1. The van der Waals surface area contributed by atoms with E-state index in [9.17, 15) is 4.79 Å². The molecule has 1 fully saturated rings. The van der Waals surface area contributed by atoms with Gasteiger partial charge in [0.15, 0.2) is 0 Å².